The zero-order valence-corrected chi connectivity index (χ0v) is 17.2. The highest BCUT2D eigenvalue weighted by atomic mass is 32.2. The third-order valence-corrected chi connectivity index (χ3v) is 5.89. The van der Waals surface area contributed by atoms with Gasteiger partial charge in [-0.2, -0.15) is 0 Å². The van der Waals surface area contributed by atoms with Crippen molar-refractivity contribution in [2.24, 2.45) is 4.99 Å². The zero-order valence-electron chi connectivity index (χ0n) is 16.4. The summed E-state index contributed by atoms with van der Waals surface area (Å²) in [4.78, 5) is 9.14. The number of pyridine rings is 1. The van der Waals surface area contributed by atoms with Crippen molar-refractivity contribution in [3.8, 4) is 11.1 Å². The van der Waals surface area contributed by atoms with E-state index in [2.05, 4.69) is 42.0 Å². The lowest BCUT2D eigenvalue weighted by Gasteiger charge is -2.09. The molecule has 1 aliphatic heterocycles. The molecule has 1 atom stereocenters. The van der Waals surface area contributed by atoms with E-state index in [1.807, 2.05) is 24.4 Å². The first-order valence-corrected chi connectivity index (χ1v) is 10.6. The van der Waals surface area contributed by atoms with Crippen molar-refractivity contribution in [1.82, 2.24) is 4.98 Å². The molecule has 1 aromatic heterocycles. The first kappa shape index (κ1) is 19.8. The van der Waals surface area contributed by atoms with Crippen molar-refractivity contribution in [1.29, 1.82) is 0 Å². The third kappa shape index (κ3) is 4.40. The van der Waals surface area contributed by atoms with Crippen LogP contribution in [0.2, 0.25) is 0 Å². The van der Waals surface area contributed by atoms with Gasteiger partial charge >= 0.3 is 0 Å². The maximum Gasteiger partial charge on any atom is 0.135 e. The highest BCUT2D eigenvalue weighted by molar-refractivity contribution is 7.99. The number of nitrogens with zero attached hydrogens (tertiary/aromatic N) is 2. The van der Waals surface area contributed by atoms with Gasteiger partial charge in [0.05, 0.1) is 16.6 Å². The molecule has 0 fully saturated rings. The molecule has 3 aromatic rings. The Morgan fingerprint density at radius 3 is 2.24 bits per heavy atom. The van der Waals surface area contributed by atoms with Crippen molar-refractivity contribution in [2.45, 2.75) is 43.0 Å². The Kier molecular flexibility index (Phi) is 5.76. The van der Waals surface area contributed by atoms with E-state index in [1.54, 1.807) is 11.8 Å². The van der Waals surface area contributed by atoms with Gasteiger partial charge < -0.3 is 0 Å². The summed E-state index contributed by atoms with van der Waals surface area (Å²) in [5.41, 5.74) is 3.73. The second-order valence-corrected chi connectivity index (χ2v) is 9.00. The number of halogens is 2. The smallest absolute Gasteiger partial charge is 0.135 e. The third-order valence-electron chi connectivity index (χ3n) is 4.94. The Morgan fingerprint density at radius 1 is 0.931 bits per heavy atom. The van der Waals surface area contributed by atoms with Gasteiger partial charge in [-0.15, -0.1) is 11.8 Å². The summed E-state index contributed by atoms with van der Waals surface area (Å²) in [6.07, 6.45) is 3.22. The second kappa shape index (κ2) is 8.46. The summed E-state index contributed by atoms with van der Waals surface area (Å²) in [6, 6.07) is 16.2. The Balaban J connectivity index is 1.52. The highest BCUT2D eigenvalue weighted by Crippen LogP contribution is 2.33. The van der Waals surface area contributed by atoms with Gasteiger partial charge in [0.2, 0.25) is 0 Å². The molecule has 4 rings (SSSR count). The van der Waals surface area contributed by atoms with Crippen molar-refractivity contribution in [2.75, 3.05) is 0 Å². The molecule has 1 unspecified atom stereocenters. The fraction of sp³-hybridized carbons (Fsp3) is 0.250. The van der Waals surface area contributed by atoms with E-state index in [-0.39, 0.29) is 11.6 Å². The van der Waals surface area contributed by atoms with Crippen molar-refractivity contribution < 1.29 is 8.78 Å². The number of aromatic nitrogens is 1. The van der Waals surface area contributed by atoms with E-state index in [1.165, 1.54) is 18.2 Å². The predicted octanol–water partition coefficient (Wildman–Crippen LogP) is 6.85. The molecule has 2 aromatic carbocycles. The second-order valence-electron chi connectivity index (χ2n) is 7.40. The minimum atomic E-state index is -0.550. The van der Waals surface area contributed by atoms with E-state index < -0.39 is 11.6 Å². The molecule has 0 bridgehead atoms. The minimum absolute atomic E-state index is 0.0112. The molecular formula is C24H22F2N2S. The fourth-order valence-electron chi connectivity index (χ4n) is 3.55. The molecule has 148 valence electrons. The summed E-state index contributed by atoms with van der Waals surface area (Å²) in [5, 5.41) is 1.52. The Morgan fingerprint density at radius 2 is 1.62 bits per heavy atom. The van der Waals surface area contributed by atoms with Gasteiger partial charge in [-0.1, -0.05) is 50.2 Å². The van der Waals surface area contributed by atoms with Crippen LogP contribution in [0.15, 0.2) is 70.8 Å². The minimum Gasteiger partial charge on any atom is -0.281 e. The van der Waals surface area contributed by atoms with E-state index in [0.29, 0.717) is 17.4 Å². The van der Waals surface area contributed by atoms with Gasteiger partial charge in [-0.3, -0.25) is 4.99 Å². The molecule has 0 saturated heterocycles. The van der Waals surface area contributed by atoms with Crippen LogP contribution in [0.1, 0.15) is 43.9 Å². The molecule has 5 heteroatoms. The van der Waals surface area contributed by atoms with Crippen LogP contribution in [0.3, 0.4) is 0 Å². The van der Waals surface area contributed by atoms with Crippen molar-refractivity contribution >= 4 is 17.5 Å². The number of rotatable bonds is 5. The van der Waals surface area contributed by atoms with Gasteiger partial charge in [0.25, 0.3) is 0 Å². The fourth-order valence-corrected chi connectivity index (χ4v) is 4.30. The summed E-state index contributed by atoms with van der Waals surface area (Å²) in [5.74, 6) is -1.10. The molecule has 0 spiro atoms. The van der Waals surface area contributed by atoms with Crippen LogP contribution in [-0.2, 0) is 0 Å². The molecular weight excluding hydrogens is 386 g/mol. The van der Waals surface area contributed by atoms with Crippen LogP contribution in [0.25, 0.3) is 11.1 Å². The maximum absolute atomic E-state index is 14.0. The van der Waals surface area contributed by atoms with Gasteiger partial charge in [0, 0.05) is 22.7 Å². The first-order chi connectivity index (χ1) is 14.0. The lowest BCUT2D eigenvalue weighted by molar-refractivity contribution is 0.578. The van der Waals surface area contributed by atoms with Crippen LogP contribution in [0.4, 0.5) is 8.78 Å². The van der Waals surface area contributed by atoms with Crippen LogP contribution >= 0.6 is 11.8 Å². The summed E-state index contributed by atoms with van der Waals surface area (Å²) in [6.45, 7) is 4.30. The van der Waals surface area contributed by atoms with Crippen LogP contribution in [0, 0.1) is 11.6 Å². The zero-order chi connectivity index (χ0) is 20.4. The average molecular weight is 409 g/mol. The summed E-state index contributed by atoms with van der Waals surface area (Å²) >= 11 is 1.74. The summed E-state index contributed by atoms with van der Waals surface area (Å²) < 4.78 is 28.1. The standard InChI is InChI=1S/C24H22F2N2S/c1-15(2)29-23-13-10-18(14-27-23)16-6-8-17(9-7-16)21-11-12-22(28-21)24-19(25)4-3-5-20(24)26/h3-10,13-15,21H,11-12H2,1-2H3. The van der Waals surface area contributed by atoms with E-state index in [0.717, 1.165) is 28.1 Å². The topological polar surface area (TPSA) is 25.2 Å². The molecule has 0 radical (unpaired) electrons. The van der Waals surface area contributed by atoms with Gasteiger partial charge in [0.15, 0.2) is 0 Å². The number of hydrogen-bond donors (Lipinski definition) is 0. The van der Waals surface area contributed by atoms with Crippen LogP contribution in [-0.4, -0.2) is 15.9 Å². The quantitative estimate of drug-likeness (QED) is 0.431. The van der Waals surface area contributed by atoms with Gasteiger partial charge in [-0.25, -0.2) is 13.8 Å². The van der Waals surface area contributed by atoms with E-state index >= 15 is 0 Å². The summed E-state index contributed by atoms with van der Waals surface area (Å²) in [7, 11) is 0. The average Bonchev–Trinajstić information content (AvgIpc) is 3.18. The molecule has 0 amide bonds. The first-order valence-electron chi connectivity index (χ1n) is 9.75. The van der Waals surface area contributed by atoms with Crippen molar-refractivity contribution in [3.05, 3.63) is 83.6 Å². The lowest BCUT2D eigenvalue weighted by Crippen LogP contribution is -2.03. The molecule has 2 heterocycles. The Hall–Kier alpha value is -2.53. The molecule has 0 aliphatic carbocycles. The highest BCUT2D eigenvalue weighted by Gasteiger charge is 2.24. The molecule has 1 aliphatic rings. The SMILES string of the molecule is CC(C)Sc1ccc(-c2ccc(C3CCC(c4c(F)cccc4F)=N3)cc2)cn1. The molecule has 2 nitrogen and oxygen atoms in total. The monoisotopic (exact) mass is 408 g/mol. The van der Waals surface area contributed by atoms with E-state index in [4.69, 9.17) is 0 Å². The maximum atomic E-state index is 14.0. The normalized spacial score (nSPS) is 16.3. The van der Waals surface area contributed by atoms with Crippen LogP contribution < -0.4 is 0 Å². The Bertz CT molecular complexity index is 1010. The molecule has 0 N–H and O–H groups in total. The van der Waals surface area contributed by atoms with Gasteiger partial charge in [-0.05, 0) is 42.2 Å². The predicted molar refractivity (Wildman–Crippen MR) is 116 cm³/mol. The van der Waals surface area contributed by atoms with Crippen LogP contribution in [0.5, 0.6) is 0 Å². The number of aliphatic imine (C=N–C) groups is 1. The Labute approximate surface area is 174 Å². The van der Waals surface area contributed by atoms with E-state index in [9.17, 15) is 8.78 Å². The lowest BCUT2D eigenvalue weighted by atomic mass is 10.00. The van der Waals surface area contributed by atoms with Gasteiger partial charge in [0.1, 0.15) is 11.6 Å². The molecule has 0 saturated carbocycles. The number of hydrogen-bond acceptors (Lipinski definition) is 3. The van der Waals surface area contributed by atoms with Crippen molar-refractivity contribution in [3.63, 3.8) is 0 Å². The number of benzene rings is 2. The molecule has 29 heavy (non-hydrogen) atoms. The largest absolute Gasteiger partial charge is 0.281 e. The number of thioether (sulfide) groups is 1.